The fourth-order valence-corrected chi connectivity index (χ4v) is 4.60. The van der Waals surface area contributed by atoms with Crippen LogP contribution in [0.2, 0.25) is 0 Å². The molecule has 1 aromatic carbocycles. The summed E-state index contributed by atoms with van der Waals surface area (Å²) in [5.74, 6) is -0.916. The third-order valence-electron chi connectivity index (χ3n) is 4.85. The molecule has 28 heavy (non-hydrogen) atoms. The van der Waals surface area contributed by atoms with Crippen molar-refractivity contribution in [2.75, 3.05) is 11.9 Å². The number of nitrogens with zero attached hydrogens (tertiary/aromatic N) is 2. The van der Waals surface area contributed by atoms with Crippen molar-refractivity contribution in [3.63, 3.8) is 0 Å². The molecule has 1 aromatic heterocycles. The maximum atomic E-state index is 13.6. The van der Waals surface area contributed by atoms with Crippen molar-refractivity contribution in [2.24, 2.45) is 0 Å². The van der Waals surface area contributed by atoms with Gasteiger partial charge in [-0.05, 0) is 38.3 Å². The summed E-state index contributed by atoms with van der Waals surface area (Å²) in [5, 5.41) is 1.87. The topological polar surface area (TPSA) is 66.9 Å². The van der Waals surface area contributed by atoms with E-state index in [4.69, 9.17) is 4.74 Å². The predicted octanol–water partition coefficient (Wildman–Crippen LogP) is 3.78. The van der Waals surface area contributed by atoms with Gasteiger partial charge in [-0.15, -0.1) is 11.3 Å². The van der Waals surface area contributed by atoms with Crippen molar-refractivity contribution in [2.45, 2.75) is 31.9 Å². The number of imide groups is 1. The second-order valence-corrected chi connectivity index (χ2v) is 8.73. The number of ether oxygens (including phenoxy) is 1. The molecule has 2 aliphatic heterocycles. The van der Waals surface area contributed by atoms with Crippen molar-refractivity contribution >= 4 is 40.5 Å². The van der Waals surface area contributed by atoms with Gasteiger partial charge in [-0.2, -0.15) is 0 Å². The molecule has 0 aliphatic carbocycles. The molecule has 7 heteroatoms. The SMILES string of the molecule is CN1C(=O)[C@@]2(C(c3cccs3)=CC(=O)N2C(=O)OC(C)(C)C)c2ccccc21. The molecule has 0 saturated carbocycles. The number of thiophene rings is 1. The second-order valence-electron chi connectivity index (χ2n) is 7.78. The van der Waals surface area contributed by atoms with Crippen LogP contribution in [0.25, 0.3) is 5.57 Å². The van der Waals surface area contributed by atoms with Gasteiger partial charge in [-0.3, -0.25) is 9.59 Å². The van der Waals surface area contributed by atoms with Crippen LogP contribution in [0.4, 0.5) is 10.5 Å². The molecule has 2 aliphatic rings. The van der Waals surface area contributed by atoms with Crippen LogP contribution in [-0.4, -0.2) is 35.5 Å². The lowest BCUT2D eigenvalue weighted by molar-refractivity contribution is -0.136. The van der Waals surface area contributed by atoms with Gasteiger partial charge in [0.05, 0.1) is 0 Å². The predicted molar refractivity (Wildman–Crippen MR) is 107 cm³/mol. The highest BCUT2D eigenvalue weighted by atomic mass is 32.1. The van der Waals surface area contributed by atoms with Crippen molar-refractivity contribution in [1.29, 1.82) is 0 Å². The Morgan fingerprint density at radius 1 is 1.11 bits per heavy atom. The first-order valence-corrected chi connectivity index (χ1v) is 9.77. The van der Waals surface area contributed by atoms with E-state index in [-0.39, 0.29) is 5.91 Å². The van der Waals surface area contributed by atoms with Gasteiger partial charge in [0, 0.05) is 34.8 Å². The number of anilines is 1. The molecule has 0 fully saturated rings. The number of hydrogen-bond acceptors (Lipinski definition) is 5. The summed E-state index contributed by atoms with van der Waals surface area (Å²) >= 11 is 1.42. The van der Waals surface area contributed by atoms with E-state index >= 15 is 0 Å². The van der Waals surface area contributed by atoms with Gasteiger partial charge in [-0.1, -0.05) is 24.3 Å². The van der Waals surface area contributed by atoms with Gasteiger partial charge < -0.3 is 9.64 Å². The first kappa shape index (κ1) is 18.4. The number of amides is 3. The molecular formula is C21H20N2O4S. The Hall–Kier alpha value is -2.93. The lowest BCUT2D eigenvalue weighted by atomic mass is 9.83. The zero-order valence-electron chi connectivity index (χ0n) is 16.1. The molecule has 2 aromatic rings. The normalized spacial score (nSPS) is 21.4. The molecule has 1 spiro atoms. The summed E-state index contributed by atoms with van der Waals surface area (Å²) in [6.45, 7) is 5.17. The van der Waals surface area contributed by atoms with Crippen molar-refractivity contribution in [3.8, 4) is 0 Å². The van der Waals surface area contributed by atoms with Gasteiger partial charge in [-0.25, -0.2) is 9.69 Å². The summed E-state index contributed by atoms with van der Waals surface area (Å²) in [4.78, 5) is 42.9. The number of hydrogen-bond donors (Lipinski definition) is 0. The third-order valence-corrected chi connectivity index (χ3v) is 5.75. The molecule has 1 atom stereocenters. The fourth-order valence-electron chi connectivity index (χ4n) is 3.81. The van der Waals surface area contributed by atoms with Gasteiger partial charge >= 0.3 is 6.09 Å². The highest BCUT2D eigenvalue weighted by molar-refractivity contribution is 7.11. The van der Waals surface area contributed by atoms with Crippen molar-refractivity contribution in [3.05, 3.63) is 58.3 Å². The zero-order valence-corrected chi connectivity index (χ0v) is 16.9. The molecule has 0 bridgehead atoms. The Balaban J connectivity index is 1.98. The minimum absolute atomic E-state index is 0.356. The lowest BCUT2D eigenvalue weighted by Crippen LogP contribution is -2.55. The first-order chi connectivity index (χ1) is 13.2. The van der Waals surface area contributed by atoms with Crippen LogP contribution in [0.3, 0.4) is 0 Å². The molecule has 4 rings (SSSR count). The van der Waals surface area contributed by atoms with E-state index in [2.05, 4.69) is 0 Å². The van der Waals surface area contributed by atoms with Gasteiger partial charge in [0.25, 0.3) is 11.8 Å². The molecule has 0 unspecified atom stereocenters. The summed E-state index contributed by atoms with van der Waals surface area (Å²) in [6, 6.07) is 10.9. The molecule has 6 nitrogen and oxygen atoms in total. The van der Waals surface area contributed by atoms with E-state index in [9.17, 15) is 14.4 Å². The largest absolute Gasteiger partial charge is 0.443 e. The monoisotopic (exact) mass is 396 g/mol. The Labute approximate surface area is 167 Å². The van der Waals surface area contributed by atoms with Crippen LogP contribution in [0.5, 0.6) is 0 Å². The maximum absolute atomic E-state index is 13.6. The van der Waals surface area contributed by atoms with E-state index < -0.39 is 23.1 Å². The molecule has 0 N–H and O–H groups in total. The second kappa shape index (κ2) is 6.04. The average Bonchev–Trinajstić information content (AvgIpc) is 3.29. The fraction of sp³-hybridized carbons (Fsp3) is 0.286. The van der Waals surface area contributed by atoms with Crippen LogP contribution < -0.4 is 4.90 Å². The summed E-state index contributed by atoms with van der Waals surface area (Å²) in [6.07, 6.45) is 0.544. The summed E-state index contributed by atoms with van der Waals surface area (Å²) in [5.41, 5.74) is -0.607. The van der Waals surface area contributed by atoms with Crippen molar-refractivity contribution < 1.29 is 19.1 Å². The number of rotatable bonds is 1. The minimum atomic E-state index is -1.56. The molecule has 144 valence electrons. The molecule has 3 heterocycles. The van der Waals surface area contributed by atoms with E-state index in [1.807, 2.05) is 29.6 Å². The Morgan fingerprint density at radius 2 is 1.82 bits per heavy atom. The maximum Gasteiger partial charge on any atom is 0.418 e. The van der Waals surface area contributed by atoms with Crippen LogP contribution in [0.15, 0.2) is 47.9 Å². The smallest absolute Gasteiger partial charge is 0.418 e. The number of para-hydroxylation sites is 1. The number of fused-ring (bicyclic) bond motifs is 2. The molecule has 3 amide bonds. The quantitative estimate of drug-likeness (QED) is 0.736. The van der Waals surface area contributed by atoms with Crippen LogP contribution in [-0.2, 0) is 19.9 Å². The number of benzene rings is 1. The zero-order chi connectivity index (χ0) is 20.3. The van der Waals surface area contributed by atoms with Gasteiger partial charge in [0.2, 0.25) is 0 Å². The summed E-state index contributed by atoms with van der Waals surface area (Å²) < 4.78 is 5.51. The van der Waals surface area contributed by atoms with Crippen molar-refractivity contribution in [1.82, 2.24) is 4.90 Å². The minimum Gasteiger partial charge on any atom is -0.443 e. The number of carbonyl (C=O) groups is 3. The highest BCUT2D eigenvalue weighted by Crippen LogP contribution is 2.54. The Morgan fingerprint density at radius 3 is 2.46 bits per heavy atom. The van der Waals surface area contributed by atoms with Gasteiger partial charge in [0.1, 0.15) is 5.60 Å². The number of likely N-dealkylation sites (N-methyl/N-ethyl adjacent to an activating group) is 1. The standard InChI is InChI=1S/C21H20N2O4S/c1-20(2,3)27-19(26)23-17(24)12-14(16-10-7-11-28-16)21(23)13-8-5-6-9-15(13)22(4)18(21)25/h5-12H,1-4H3/t21-/m0/s1. The lowest BCUT2D eigenvalue weighted by Gasteiger charge is -2.35. The molecule has 0 saturated heterocycles. The van der Waals surface area contributed by atoms with E-state index in [1.165, 1.54) is 22.3 Å². The highest BCUT2D eigenvalue weighted by Gasteiger charge is 2.64. The average molecular weight is 396 g/mol. The van der Waals surface area contributed by atoms with Crippen LogP contribution >= 0.6 is 11.3 Å². The van der Waals surface area contributed by atoms with Gasteiger partial charge in [0.15, 0.2) is 5.54 Å². The van der Waals surface area contributed by atoms with E-state index in [0.717, 1.165) is 9.78 Å². The molecular weight excluding hydrogens is 376 g/mol. The van der Waals surface area contributed by atoms with Crippen LogP contribution in [0, 0.1) is 0 Å². The Kier molecular flexibility index (Phi) is 3.97. The number of carbonyl (C=O) groups excluding carboxylic acids is 3. The molecule has 0 radical (unpaired) electrons. The van der Waals surface area contributed by atoms with E-state index in [1.54, 1.807) is 40.0 Å². The van der Waals surface area contributed by atoms with Crippen LogP contribution in [0.1, 0.15) is 31.2 Å². The third kappa shape index (κ3) is 2.43. The Bertz CT molecular complexity index is 1020. The first-order valence-electron chi connectivity index (χ1n) is 8.89. The summed E-state index contributed by atoms with van der Waals surface area (Å²) in [7, 11) is 1.65. The van der Waals surface area contributed by atoms with E-state index in [0.29, 0.717) is 16.8 Å².